The van der Waals surface area contributed by atoms with Crippen LogP contribution in [0, 0.1) is 0 Å². The lowest BCUT2D eigenvalue weighted by atomic mass is 9.97. The SMILES string of the molecule is CCc1c(CC)c(-c2ccc(N(c3ccc(-c4ccccc4)cc3)c3ccc(-c4ccccc4)cc3)cc2)n(C)c1-c1ccc(N(c2ccc(-c3ccccc3)cc2)c2ccc(-c3ccccc3)cc2)cc1. The number of rotatable bonds is 14. The van der Waals surface area contributed by atoms with Gasteiger partial charge in [0.15, 0.2) is 0 Å². The van der Waals surface area contributed by atoms with Crippen LogP contribution in [-0.4, -0.2) is 4.57 Å². The standard InChI is InChI=1S/C69H57N3/c1-4-66-67(5-2)69(59-36-48-65(49-37-59)72(62-42-30-56(31-43-62)52-22-14-8-15-23-52)63-44-32-57(33-45-63)53-24-16-9-17-25-53)70(3)68(66)58-34-46-64(47-35-58)71(60-38-26-54(27-39-60)50-18-10-6-11-19-50)61-40-28-55(29-41-61)51-20-12-7-13-21-51/h6-49H,4-5H2,1-3H3. The van der Waals surface area contributed by atoms with Crippen LogP contribution in [0.4, 0.5) is 34.1 Å². The van der Waals surface area contributed by atoms with Crippen LogP contribution < -0.4 is 9.80 Å². The lowest BCUT2D eigenvalue weighted by Gasteiger charge is -2.26. The van der Waals surface area contributed by atoms with E-state index in [9.17, 15) is 0 Å². The van der Waals surface area contributed by atoms with Crippen molar-refractivity contribution in [2.24, 2.45) is 7.05 Å². The minimum absolute atomic E-state index is 0.936. The molecule has 0 aliphatic carbocycles. The molecule has 0 aliphatic heterocycles. The van der Waals surface area contributed by atoms with Crippen molar-refractivity contribution in [2.45, 2.75) is 26.7 Å². The van der Waals surface area contributed by atoms with Gasteiger partial charge in [-0.25, -0.2) is 0 Å². The highest BCUT2D eigenvalue weighted by molar-refractivity contribution is 5.85. The van der Waals surface area contributed by atoms with Gasteiger partial charge in [-0.1, -0.05) is 208 Å². The molecule has 0 aliphatic rings. The molecule has 0 atom stereocenters. The average molecular weight is 928 g/mol. The van der Waals surface area contributed by atoms with Crippen molar-refractivity contribution in [3.8, 4) is 67.0 Å². The smallest absolute Gasteiger partial charge is 0.0517 e. The van der Waals surface area contributed by atoms with Crippen LogP contribution in [0.2, 0.25) is 0 Å². The van der Waals surface area contributed by atoms with Crippen molar-refractivity contribution < 1.29 is 0 Å². The van der Waals surface area contributed by atoms with Gasteiger partial charge in [-0.2, -0.15) is 0 Å². The molecule has 0 spiro atoms. The molecule has 11 aromatic rings. The number of aromatic nitrogens is 1. The normalized spacial score (nSPS) is 11.1. The Morgan fingerprint density at radius 3 is 0.611 bits per heavy atom. The number of nitrogens with zero attached hydrogens (tertiary/aromatic N) is 3. The zero-order chi connectivity index (χ0) is 48.8. The molecule has 0 fully saturated rings. The number of hydrogen-bond donors (Lipinski definition) is 0. The molecule has 1 aromatic heterocycles. The fourth-order valence-electron chi connectivity index (χ4n) is 10.5. The fraction of sp³-hybridized carbons (Fsp3) is 0.0725. The predicted molar refractivity (Wildman–Crippen MR) is 306 cm³/mol. The molecule has 0 saturated carbocycles. The van der Waals surface area contributed by atoms with Gasteiger partial charge in [0, 0.05) is 41.2 Å². The van der Waals surface area contributed by atoms with Gasteiger partial charge in [0.05, 0.1) is 11.4 Å². The second-order valence-corrected chi connectivity index (χ2v) is 18.3. The fourth-order valence-corrected chi connectivity index (χ4v) is 10.5. The third kappa shape index (κ3) is 9.17. The van der Waals surface area contributed by atoms with Crippen molar-refractivity contribution in [3.05, 3.63) is 278 Å². The molecule has 3 heteroatoms. The minimum atomic E-state index is 0.936. The Hall–Kier alpha value is -8.92. The molecule has 0 N–H and O–H groups in total. The Morgan fingerprint density at radius 2 is 0.417 bits per heavy atom. The molecule has 11 rings (SSSR count). The largest absolute Gasteiger partial charge is 0.343 e. The summed E-state index contributed by atoms with van der Waals surface area (Å²) in [6.45, 7) is 4.59. The first kappa shape index (κ1) is 45.5. The molecule has 0 saturated heterocycles. The maximum absolute atomic E-state index is 2.44. The Labute approximate surface area is 425 Å². The van der Waals surface area contributed by atoms with Crippen LogP contribution in [0.3, 0.4) is 0 Å². The summed E-state index contributed by atoms with van der Waals surface area (Å²) >= 11 is 0. The van der Waals surface area contributed by atoms with E-state index in [1.165, 1.54) is 78.1 Å². The summed E-state index contributed by atoms with van der Waals surface area (Å²) in [6, 6.07) is 96.5. The molecule has 3 nitrogen and oxygen atoms in total. The molecule has 10 aromatic carbocycles. The maximum Gasteiger partial charge on any atom is 0.0517 e. The molecule has 0 radical (unpaired) electrons. The summed E-state index contributed by atoms with van der Waals surface area (Å²) < 4.78 is 2.44. The van der Waals surface area contributed by atoms with Crippen molar-refractivity contribution in [1.29, 1.82) is 0 Å². The number of benzene rings is 10. The highest BCUT2D eigenvalue weighted by atomic mass is 15.1. The van der Waals surface area contributed by atoms with E-state index >= 15 is 0 Å². The third-order valence-electron chi connectivity index (χ3n) is 14.0. The van der Waals surface area contributed by atoms with Crippen LogP contribution in [0.1, 0.15) is 25.0 Å². The molecular formula is C69H57N3. The van der Waals surface area contributed by atoms with Crippen molar-refractivity contribution in [2.75, 3.05) is 9.80 Å². The quantitative estimate of drug-likeness (QED) is 0.108. The lowest BCUT2D eigenvalue weighted by molar-refractivity contribution is 0.934. The van der Waals surface area contributed by atoms with Crippen molar-refractivity contribution in [3.63, 3.8) is 0 Å². The molecule has 0 unspecified atom stereocenters. The first-order chi connectivity index (χ1) is 35.5. The molecule has 0 amide bonds. The first-order valence-electron chi connectivity index (χ1n) is 25.2. The topological polar surface area (TPSA) is 11.4 Å². The van der Waals surface area contributed by atoms with Gasteiger partial charge in [-0.15, -0.1) is 0 Å². The van der Waals surface area contributed by atoms with E-state index in [-0.39, 0.29) is 0 Å². The van der Waals surface area contributed by atoms with Crippen LogP contribution in [-0.2, 0) is 19.9 Å². The van der Waals surface area contributed by atoms with Gasteiger partial charge in [0.1, 0.15) is 0 Å². The van der Waals surface area contributed by atoms with Gasteiger partial charge in [0.2, 0.25) is 0 Å². The average Bonchev–Trinajstić information content (AvgIpc) is 3.75. The van der Waals surface area contributed by atoms with E-state index in [0.717, 1.165) is 47.0 Å². The van der Waals surface area contributed by atoms with Crippen LogP contribution in [0.25, 0.3) is 67.0 Å². The minimum Gasteiger partial charge on any atom is -0.343 e. The van der Waals surface area contributed by atoms with Gasteiger partial charge in [0.25, 0.3) is 0 Å². The monoisotopic (exact) mass is 927 g/mol. The Kier molecular flexibility index (Phi) is 13.0. The zero-order valence-electron chi connectivity index (χ0n) is 41.2. The molecule has 72 heavy (non-hydrogen) atoms. The van der Waals surface area contributed by atoms with Gasteiger partial charge in [-0.05, 0) is 152 Å². The maximum atomic E-state index is 2.44. The summed E-state index contributed by atoms with van der Waals surface area (Å²) in [5.41, 5.74) is 24.0. The second-order valence-electron chi connectivity index (χ2n) is 18.3. The van der Waals surface area contributed by atoms with Gasteiger partial charge < -0.3 is 14.4 Å². The summed E-state index contributed by atoms with van der Waals surface area (Å²) in [7, 11) is 2.24. The molecule has 348 valence electrons. The van der Waals surface area contributed by atoms with Crippen molar-refractivity contribution in [1.82, 2.24) is 4.57 Å². The highest BCUT2D eigenvalue weighted by Crippen LogP contribution is 2.43. The summed E-state index contributed by atoms with van der Waals surface area (Å²) in [6.07, 6.45) is 1.87. The summed E-state index contributed by atoms with van der Waals surface area (Å²) in [5, 5.41) is 0. The van der Waals surface area contributed by atoms with Crippen molar-refractivity contribution >= 4 is 34.1 Å². The Balaban J connectivity index is 0.935. The van der Waals surface area contributed by atoms with Crippen LogP contribution in [0.15, 0.2) is 267 Å². The van der Waals surface area contributed by atoms with Gasteiger partial charge >= 0.3 is 0 Å². The molecular weight excluding hydrogens is 871 g/mol. The lowest BCUT2D eigenvalue weighted by Crippen LogP contribution is -2.10. The summed E-state index contributed by atoms with van der Waals surface area (Å²) in [4.78, 5) is 4.73. The third-order valence-corrected chi connectivity index (χ3v) is 14.0. The van der Waals surface area contributed by atoms with E-state index < -0.39 is 0 Å². The molecule has 0 bridgehead atoms. The predicted octanol–water partition coefficient (Wildman–Crippen LogP) is 19.1. The first-order valence-corrected chi connectivity index (χ1v) is 25.2. The Bertz CT molecular complexity index is 3100. The van der Waals surface area contributed by atoms with Crippen LogP contribution >= 0.6 is 0 Å². The Morgan fingerprint density at radius 1 is 0.236 bits per heavy atom. The van der Waals surface area contributed by atoms with Crippen LogP contribution in [0.5, 0.6) is 0 Å². The number of hydrogen-bond acceptors (Lipinski definition) is 2. The van der Waals surface area contributed by atoms with E-state index in [1.54, 1.807) is 0 Å². The van der Waals surface area contributed by atoms with E-state index in [1.807, 2.05) is 0 Å². The van der Waals surface area contributed by atoms with Gasteiger partial charge in [-0.3, -0.25) is 0 Å². The zero-order valence-corrected chi connectivity index (χ0v) is 41.2. The summed E-state index contributed by atoms with van der Waals surface area (Å²) in [5.74, 6) is 0. The molecule has 1 heterocycles. The van der Waals surface area contributed by atoms with E-state index in [2.05, 4.69) is 302 Å². The van der Waals surface area contributed by atoms with E-state index in [0.29, 0.717) is 0 Å². The number of anilines is 6. The highest BCUT2D eigenvalue weighted by Gasteiger charge is 2.23. The van der Waals surface area contributed by atoms with E-state index in [4.69, 9.17) is 0 Å². The second kappa shape index (κ2) is 20.6.